The zero-order chi connectivity index (χ0) is 34.9. The Bertz CT molecular complexity index is 1810. The van der Waals surface area contributed by atoms with Crippen LogP contribution in [-0.2, 0) is 0 Å². The molecule has 1 aliphatic heterocycles. The number of carbonyl (C=O) groups is 1. The van der Waals surface area contributed by atoms with Crippen molar-refractivity contribution in [1.82, 2.24) is 19.7 Å². The van der Waals surface area contributed by atoms with Crippen LogP contribution < -0.4 is 4.90 Å². The Kier molecular flexibility index (Phi) is 12.3. The van der Waals surface area contributed by atoms with Crippen LogP contribution in [0.2, 0.25) is 0 Å². The predicted molar refractivity (Wildman–Crippen MR) is 202 cm³/mol. The van der Waals surface area contributed by atoms with E-state index in [4.69, 9.17) is 15.0 Å². The van der Waals surface area contributed by atoms with Gasteiger partial charge in [-0.05, 0) is 38.5 Å². The number of thiazole rings is 1. The SMILES string of the molecule is CCCCC(CC)CN(CC(CC)CCCC)c1nc(-c2ccc(C)cc2)c(/N=C2/C(C)=C(C#N)C(=O)n3nc(-c4ccccc4)nc32)s1. The fraction of sp³-hybridized carbons (Fsp3) is 0.450. The van der Waals surface area contributed by atoms with Gasteiger partial charge in [0, 0.05) is 29.8 Å². The van der Waals surface area contributed by atoms with Gasteiger partial charge in [0.05, 0.1) is 0 Å². The standard InChI is InChI=1S/C40H49N7OS/c1-7-11-16-29(9-3)25-46(26-30(10-4)17-12-8-2)40-43-35(31-22-20-27(5)21-23-31)38(49-40)42-34-28(6)33(24-41)39(48)47-37(34)44-36(45-47)32-18-14-13-15-19-32/h13-15,18-23,29-30H,7-12,16-17,25-26H2,1-6H3/b42-34-. The van der Waals surface area contributed by atoms with Crippen molar-refractivity contribution in [1.29, 1.82) is 5.26 Å². The van der Waals surface area contributed by atoms with Gasteiger partial charge < -0.3 is 4.90 Å². The summed E-state index contributed by atoms with van der Waals surface area (Å²) < 4.78 is 1.23. The lowest BCUT2D eigenvalue weighted by atomic mass is 9.96. The molecule has 0 bridgehead atoms. The van der Waals surface area contributed by atoms with Crippen LogP contribution in [0.3, 0.4) is 0 Å². The molecule has 8 nitrogen and oxygen atoms in total. The van der Waals surface area contributed by atoms with Crippen molar-refractivity contribution in [2.24, 2.45) is 16.8 Å². The minimum Gasteiger partial charge on any atom is -0.347 e. The molecule has 0 fully saturated rings. The highest BCUT2D eigenvalue weighted by Crippen LogP contribution is 2.42. The number of fused-ring (bicyclic) bond motifs is 1. The Hall–Kier alpha value is -4.42. The molecule has 2 atom stereocenters. The average Bonchev–Trinajstić information content (AvgIpc) is 3.76. The molecule has 0 spiro atoms. The van der Waals surface area contributed by atoms with Crippen molar-refractivity contribution in [3.8, 4) is 28.7 Å². The third kappa shape index (κ3) is 8.25. The number of benzene rings is 2. The second kappa shape index (κ2) is 16.8. The minimum absolute atomic E-state index is 0.0161. The van der Waals surface area contributed by atoms with Gasteiger partial charge in [-0.2, -0.15) is 9.94 Å². The summed E-state index contributed by atoms with van der Waals surface area (Å²) in [6, 6.07) is 20.0. The maximum Gasteiger partial charge on any atom is 0.291 e. The first-order valence-electron chi connectivity index (χ1n) is 17.9. The van der Waals surface area contributed by atoms with Crippen LogP contribution in [-0.4, -0.2) is 44.5 Å². The molecule has 0 saturated carbocycles. The van der Waals surface area contributed by atoms with Crippen LogP contribution in [0, 0.1) is 30.1 Å². The van der Waals surface area contributed by atoms with Gasteiger partial charge in [-0.15, -0.1) is 5.10 Å². The van der Waals surface area contributed by atoms with Crippen LogP contribution in [0.5, 0.6) is 0 Å². The van der Waals surface area contributed by atoms with Crippen molar-refractivity contribution in [2.75, 3.05) is 18.0 Å². The molecular weight excluding hydrogens is 627 g/mol. The van der Waals surface area contributed by atoms with Gasteiger partial charge in [-0.1, -0.05) is 138 Å². The summed E-state index contributed by atoms with van der Waals surface area (Å²) in [6.07, 6.45) is 9.49. The quantitative estimate of drug-likeness (QED) is 0.117. The monoisotopic (exact) mass is 675 g/mol. The second-order valence-electron chi connectivity index (χ2n) is 13.2. The Morgan fingerprint density at radius 1 is 0.878 bits per heavy atom. The Balaban J connectivity index is 1.67. The number of rotatable bonds is 16. The number of aliphatic imine (C=N–C) groups is 1. The molecule has 0 amide bonds. The largest absolute Gasteiger partial charge is 0.347 e. The van der Waals surface area contributed by atoms with Gasteiger partial charge >= 0.3 is 0 Å². The van der Waals surface area contributed by atoms with E-state index < -0.39 is 5.91 Å². The maximum absolute atomic E-state index is 13.4. The van der Waals surface area contributed by atoms with Crippen LogP contribution in [0.4, 0.5) is 10.1 Å². The van der Waals surface area contributed by atoms with Crippen LogP contribution in [0.1, 0.15) is 102 Å². The van der Waals surface area contributed by atoms with Gasteiger partial charge in [0.2, 0.25) is 0 Å². The molecular formula is C40H49N7OS. The van der Waals surface area contributed by atoms with E-state index in [0.717, 1.165) is 52.9 Å². The van der Waals surface area contributed by atoms with E-state index in [2.05, 4.69) is 75.0 Å². The summed E-state index contributed by atoms with van der Waals surface area (Å²) >= 11 is 1.58. The van der Waals surface area contributed by atoms with Crippen molar-refractivity contribution >= 4 is 33.1 Å². The zero-order valence-corrected chi connectivity index (χ0v) is 30.7. The Labute approximate surface area is 295 Å². The number of aryl methyl sites for hydroxylation is 1. The van der Waals surface area contributed by atoms with E-state index in [1.165, 1.54) is 48.8 Å². The molecule has 3 heterocycles. The van der Waals surface area contributed by atoms with Crippen LogP contribution >= 0.6 is 11.3 Å². The van der Waals surface area contributed by atoms with Gasteiger partial charge in [-0.25, -0.2) is 15.0 Å². The molecule has 0 saturated heterocycles. The predicted octanol–water partition coefficient (Wildman–Crippen LogP) is 10.2. The first kappa shape index (κ1) is 35.9. The molecule has 4 aromatic rings. The third-order valence-electron chi connectivity index (χ3n) is 9.55. The average molecular weight is 676 g/mol. The molecule has 5 rings (SSSR count). The number of nitriles is 1. The lowest BCUT2D eigenvalue weighted by molar-refractivity contribution is 0.0942. The minimum atomic E-state index is -0.492. The second-order valence-corrected chi connectivity index (χ2v) is 14.1. The number of carbonyl (C=O) groups excluding carboxylic acids is 1. The highest BCUT2D eigenvalue weighted by atomic mass is 32.1. The smallest absolute Gasteiger partial charge is 0.291 e. The number of hydrogen-bond donors (Lipinski definition) is 0. The highest BCUT2D eigenvalue weighted by Gasteiger charge is 2.33. The van der Waals surface area contributed by atoms with E-state index in [0.29, 0.717) is 34.8 Å². The summed E-state index contributed by atoms with van der Waals surface area (Å²) in [5.74, 6) is 1.40. The molecule has 2 aromatic carbocycles. The van der Waals surface area contributed by atoms with E-state index in [9.17, 15) is 10.1 Å². The van der Waals surface area contributed by atoms with E-state index >= 15 is 0 Å². The van der Waals surface area contributed by atoms with Crippen LogP contribution in [0.25, 0.3) is 22.6 Å². The van der Waals surface area contributed by atoms with Crippen molar-refractivity contribution in [3.05, 3.63) is 77.1 Å². The summed E-state index contributed by atoms with van der Waals surface area (Å²) in [7, 11) is 0. The highest BCUT2D eigenvalue weighted by molar-refractivity contribution is 7.19. The van der Waals surface area contributed by atoms with Crippen molar-refractivity contribution in [2.45, 2.75) is 92.9 Å². The molecule has 0 radical (unpaired) electrons. The molecule has 0 N–H and O–H groups in total. The van der Waals surface area contributed by atoms with Crippen LogP contribution in [0.15, 0.2) is 70.7 Å². The zero-order valence-electron chi connectivity index (χ0n) is 29.9. The molecule has 49 heavy (non-hydrogen) atoms. The normalized spacial score (nSPS) is 15.0. The van der Waals surface area contributed by atoms with Gasteiger partial charge in [0.15, 0.2) is 16.8 Å². The topological polar surface area (TPSA) is 100 Å². The summed E-state index contributed by atoms with van der Waals surface area (Å²) in [4.78, 5) is 31.4. The van der Waals surface area contributed by atoms with E-state index in [1.54, 1.807) is 18.3 Å². The molecule has 9 heteroatoms. The Morgan fingerprint density at radius 2 is 1.51 bits per heavy atom. The fourth-order valence-electron chi connectivity index (χ4n) is 6.34. The number of nitrogens with zero attached hydrogens (tertiary/aromatic N) is 7. The third-order valence-corrected chi connectivity index (χ3v) is 10.6. The van der Waals surface area contributed by atoms with Crippen molar-refractivity contribution < 1.29 is 4.79 Å². The first-order valence-corrected chi connectivity index (χ1v) is 18.7. The number of aromatic nitrogens is 4. The van der Waals surface area contributed by atoms with Gasteiger partial charge in [-0.3, -0.25) is 4.79 Å². The number of unbranched alkanes of at least 4 members (excludes halogenated alkanes) is 2. The van der Waals surface area contributed by atoms with E-state index in [1.807, 2.05) is 30.3 Å². The Morgan fingerprint density at radius 3 is 2.08 bits per heavy atom. The summed E-state index contributed by atoms with van der Waals surface area (Å²) in [5, 5.41) is 16.3. The lowest BCUT2D eigenvalue weighted by Crippen LogP contribution is -2.34. The molecule has 1 aliphatic rings. The van der Waals surface area contributed by atoms with E-state index in [-0.39, 0.29) is 5.57 Å². The summed E-state index contributed by atoms with van der Waals surface area (Å²) in [5.41, 5.74) is 4.69. The molecule has 256 valence electrons. The summed E-state index contributed by atoms with van der Waals surface area (Å²) in [6.45, 7) is 14.9. The van der Waals surface area contributed by atoms with Gasteiger partial charge in [0.25, 0.3) is 5.91 Å². The molecule has 2 aromatic heterocycles. The molecule has 0 aliphatic carbocycles. The number of allylic oxidation sites excluding steroid dienone is 2. The first-order chi connectivity index (χ1) is 23.8. The van der Waals surface area contributed by atoms with Gasteiger partial charge in [0.1, 0.15) is 28.0 Å². The molecule has 2 unspecified atom stereocenters. The number of hydrogen-bond acceptors (Lipinski definition) is 8. The number of anilines is 1. The lowest BCUT2D eigenvalue weighted by Gasteiger charge is -2.30. The van der Waals surface area contributed by atoms with Crippen molar-refractivity contribution in [3.63, 3.8) is 0 Å². The maximum atomic E-state index is 13.4. The fourth-order valence-corrected chi connectivity index (χ4v) is 7.32.